The lowest BCUT2D eigenvalue weighted by molar-refractivity contribution is -0.121. The molecule has 5 N–H and O–H groups in total. The summed E-state index contributed by atoms with van der Waals surface area (Å²) in [5, 5.41) is 10.4. The monoisotopic (exact) mass is 318 g/mol. The van der Waals surface area contributed by atoms with E-state index in [1.165, 1.54) is 0 Å². The van der Waals surface area contributed by atoms with Gasteiger partial charge in [-0.2, -0.15) is 0 Å². The van der Waals surface area contributed by atoms with Crippen molar-refractivity contribution < 1.29 is 9.90 Å². The fourth-order valence-corrected chi connectivity index (χ4v) is 2.86. The quantitative estimate of drug-likeness (QED) is 0.579. The highest BCUT2D eigenvalue weighted by Crippen LogP contribution is 2.23. The van der Waals surface area contributed by atoms with Crippen LogP contribution in [0, 0.1) is 5.92 Å². The maximum Gasteiger partial charge on any atom is 0.224 e. The molecule has 4 nitrogen and oxygen atoms in total. The number of carbonyl (C=O) groups is 1. The second kappa shape index (κ2) is 10.2. The van der Waals surface area contributed by atoms with Crippen molar-refractivity contribution in [1.29, 1.82) is 0 Å². The molecule has 1 amide bonds. The molecule has 0 aliphatic rings. The number of primary amides is 1. The molecule has 0 heterocycles. The number of aliphatic hydroxyl groups excluding tert-OH is 1. The highest BCUT2D eigenvalue weighted by atomic mass is 16.3. The zero-order valence-electron chi connectivity index (χ0n) is 14.2. The molecule has 23 heavy (non-hydrogen) atoms. The van der Waals surface area contributed by atoms with Gasteiger partial charge in [0.05, 0.1) is 12.0 Å². The second-order valence-electron chi connectivity index (χ2n) is 6.05. The number of aliphatic hydroxyl groups is 1. The maximum atomic E-state index is 11.8. The molecule has 128 valence electrons. The fraction of sp³-hybridized carbons (Fsp3) is 0.526. The Balaban J connectivity index is 2.74. The number of benzene rings is 1. The smallest absolute Gasteiger partial charge is 0.224 e. The average molecular weight is 318 g/mol. The number of carbonyl (C=O) groups excluding carboxylic acids is 1. The molecular weight excluding hydrogens is 288 g/mol. The van der Waals surface area contributed by atoms with E-state index in [9.17, 15) is 9.90 Å². The van der Waals surface area contributed by atoms with Crippen molar-refractivity contribution in [1.82, 2.24) is 0 Å². The van der Waals surface area contributed by atoms with Crippen LogP contribution in [0.15, 0.2) is 42.0 Å². The van der Waals surface area contributed by atoms with Gasteiger partial charge in [0, 0.05) is 6.04 Å². The summed E-state index contributed by atoms with van der Waals surface area (Å²) in [7, 11) is 0. The summed E-state index contributed by atoms with van der Waals surface area (Å²) in [4.78, 5) is 11.8. The Kier molecular flexibility index (Phi) is 8.59. The van der Waals surface area contributed by atoms with Crippen LogP contribution >= 0.6 is 0 Å². The Bertz CT molecular complexity index is 499. The Morgan fingerprint density at radius 2 is 1.91 bits per heavy atom. The predicted molar refractivity (Wildman–Crippen MR) is 94.7 cm³/mol. The minimum absolute atomic E-state index is 0.287. The third-order valence-corrected chi connectivity index (χ3v) is 4.08. The van der Waals surface area contributed by atoms with Crippen LogP contribution in [0.1, 0.15) is 45.1 Å². The van der Waals surface area contributed by atoms with Gasteiger partial charge in [0.25, 0.3) is 0 Å². The summed E-state index contributed by atoms with van der Waals surface area (Å²) in [6.07, 6.45) is 4.78. The first kappa shape index (κ1) is 19.4. The zero-order valence-corrected chi connectivity index (χ0v) is 14.2. The van der Waals surface area contributed by atoms with Crippen LogP contribution in [0.2, 0.25) is 0 Å². The molecule has 1 aromatic rings. The van der Waals surface area contributed by atoms with E-state index in [4.69, 9.17) is 11.5 Å². The Hall–Kier alpha value is -1.65. The van der Waals surface area contributed by atoms with Crippen LogP contribution in [0.4, 0.5) is 0 Å². The Labute approximate surface area is 139 Å². The van der Waals surface area contributed by atoms with E-state index in [0.29, 0.717) is 6.42 Å². The van der Waals surface area contributed by atoms with Crippen molar-refractivity contribution in [3.05, 3.63) is 47.5 Å². The van der Waals surface area contributed by atoms with Crippen LogP contribution < -0.4 is 11.5 Å². The molecule has 1 aromatic carbocycles. The van der Waals surface area contributed by atoms with Crippen LogP contribution in [-0.4, -0.2) is 23.2 Å². The van der Waals surface area contributed by atoms with Crippen LogP contribution in [0.5, 0.6) is 0 Å². The van der Waals surface area contributed by atoms with Gasteiger partial charge in [0.1, 0.15) is 0 Å². The highest BCUT2D eigenvalue weighted by Gasteiger charge is 2.26. The number of hydrogen-bond donors (Lipinski definition) is 3. The first-order valence-corrected chi connectivity index (χ1v) is 8.45. The molecule has 0 bridgehead atoms. The zero-order chi connectivity index (χ0) is 17.2. The van der Waals surface area contributed by atoms with Crippen molar-refractivity contribution in [3.8, 4) is 0 Å². The summed E-state index contributed by atoms with van der Waals surface area (Å²) in [6, 6.07) is 9.40. The molecule has 0 saturated heterocycles. The minimum Gasteiger partial charge on any atom is -0.391 e. The van der Waals surface area contributed by atoms with Crippen molar-refractivity contribution in [2.45, 2.75) is 58.1 Å². The van der Waals surface area contributed by atoms with E-state index in [-0.39, 0.29) is 12.3 Å². The fourth-order valence-electron chi connectivity index (χ4n) is 2.86. The molecule has 0 radical (unpaired) electrons. The van der Waals surface area contributed by atoms with Gasteiger partial charge in [-0.25, -0.2) is 0 Å². The van der Waals surface area contributed by atoms with Gasteiger partial charge >= 0.3 is 0 Å². The van der Waals surface area contributed by atoms with Gasteiger partial charge in [-0.15, -0.1) is 0 Å². The molecule has 0 unspecified atom stereocenters. The number of nitrogens with two attached hydrogens (primary N) is 2. The molecule has 0 aromatic heterocycles. The number of hydrogen-bond acceptors (Lipinski definition) is 3. The van der Waals surface area contributed by atoms with E-state index < -0.39 is 18.1 Å². The summed E-state index contributed by atoms with van der Waals surface area (Å²) in [5.41, 5.74) is 13.8. The minimum atomic E-state index is -0.759. The molecule has 0 aliphatic carbocycles. The summed E-state index contributed by atoms with van der Waals surface area (Å²) >= 11 is 0. The van der Waals surface area contributed by atoms with Gasteiger partial charge in [-0.3, -0.25) is 4.79 Å². The van der Waals surface area contributed by atoms with Crippen LogP contribution in [-0.2, 0) is 11.2 Å². The lowest BCUT2D eigenvalue weighted by atomic mass is 9.86. The molecule has 1 rings (SSSR count). The molecule has 4 heteroatoms. The molecule has 0 spiro atoms. The van der Waals surface area contributed by atoms with Crippen LogP contribution in [0.3, 0.4) is 0 Å². The molecule has 0 saturated carbocycles. The number of rotatable bonds is 10. The predicted octanol–water partition coefficient (Wildman–Crippen LogP) is 2.55. The van der Waals surface area contributed by atoms with Gasteiger partial charge in [-0.1, -0.05) is 62.2 Å². The van der Waals surface area contributed by atoms with E-state index >= 15 is 0 Å². The molecular formula is C19H30N2O2. The van der Waals surface area contributed by atoms with Crippen molar-refractivity contribution >= 4 is 5.91 Å². The van der Waals surface area contributed by atoms with E-state index in [1.807, 2.05) is 43.3 Å². The first-order chi connectivity index (χ1) is 11.0. The third kappa shape index (κ3) is 6.55. The van der Waals surface area contributed by atoms with Gasteiger partial charge < -0.3 is 16.6 Å². The summed E-state index contributed by atoms with van der Waals surface area (Å²) in [6.45, 7) is 4.10. The average Bonchev–Trinajstić information content (AvgIpc) is 2.53. The van der Waals surface area contributed by atoms with Crippen LogP contribution in [0.25, 0.3) is 0 Å². The second-order valence-corrected chi connectivity index (χ2v) is 6.05. The molecule has 3 atom stereocenters. The normalized spacial score (nSPS) is 15.9. The Morgan fingerprint density at radius 1 is 1.26 bits per heavy atom. The standard InChI is InChI=1S/C19H30N2O2/c1-3-8-15(9-4-2)16(19(21)23)13-18(22)17(20)12-14-10-6-5-7-11-14/h5-8,10-11,16-18,22H,3-4,9,12-13,20H2,1-2H3,(H2,21,23)/t16-,17-,18-/m0/s1. The largest absolute Gasteiger partial charge is 0.391 e. The van der Waals surface area contributed by atoms with E-state index in [1.54, 1.807) is 0 Å². The van der Waals surface area contributed by atoms with Gasteiger partial charge in [-0.05, 0) is 31.2 Å². The summed E-state index contributed by atoms with van der Waals surface area (Å²) < 4.78 is 0. The molecule has 0 fully saturated rings. The SMILES string of the molecule is CCC=C(CCC)[C@H](C[C@H](O)[C@@H](N)Cc1ccccc1)C(N)=O. The topological polar surface area (TPSA) is 89.3 Å². The van der Waals surface area contributed by atoms with Crippen molar-refractivity contribution in [3.63, 3.8) is 0 Å². The highest BCUT2D eigenvalue weighted by molar-refractivity contribution is 5.79. The van der Waals surface area contributed by atoms with E-state index in [0.717, 1.165) is 30.4 Å². The number of amides is 1. The van der Waals surface area contributed by atoms with Gasteiger partial charge in [0.2, 0.25) is 5.91 Å². The third-order valence-electron chi connectivity index (χ3n) is 4.08. The Morgan fingerprint density at radius 3 is 2.43 bits per heavy atom. The van der Waals surface area contributed by atoms with Crippen molar-refractivity contribution in [2.75, 3.05) is 0 Å². The maximum absolute atomic E-state index is 11.8. The number of allylic oxidation sites excluding steroid dienone is 1. The first-order valence-electron chi connectivity index (χ1n) is 8.45. The molecule has 0 aliphatic heterocycles. The summed E-state index contributed by atoms with van der Waals surface area (Å²) in [5.74, 6) is -0.823. The lowest BCUT2D eigenvalue weighted by Crippen LogP contribution is -2.40. The lowest BCUT2D eigenvalue weighted by Gasteiger charge is -2.24. The van der Waals surface area contributed by atoms with E-state index in [2.05, 4.69) is 6.92 Å². The van der Waals surface area contributed by atoms with Crippen molar-refractivity contribution in [2.24, 2.45) is 17.4 Å². The van der Waals surface area contributed by atoms with Gasteiger partial charge in [0.15, 0.2) is 0 Å².